The van der Waals surface area contributed by atoms with Gasteiger partial charge in [0.2, 0.25) is 11.8 Å². The molecule has 2 aromatic rings. The molecule has 1 heterocycles. The van der Waals surface area contributed by atoms with Crippen LogP contribution in [0, 0.1) is 11.8 Å². The zero-order valence-electron chi connectivity index (χ0n) is 19.8. The molecule has 176 valence electrons. The minimum absolute atomic E-state index is 0.0513. The Balaban J connectivity index is 1.62. The first kappa shape index (κ1) is 23.1. The second-order valence-electron chi connectivity index (χ2n) is 9.23. The number of ether oxygens (including phenoxy) is 2. The molecule has 0 spiro atoms. The van der Waals surface area contributed by atoms with Crippen molar-refractivity contribution in [3.63, 3.8) is 0 Å². The molecule has 1 aliphatic carbocycles. The van der Waals surface area contributed by atoms with Crippen LogP contribution in [0.2, 0.25) is 0 Å². The lowest BCUT2D eigenvalue weighted by molar-refractivity contribution is -0.136. The van der Waals surface area contributed by atoms with Gasteiger partial charge in [-0.1, -0.05) is 43.2 Å². The van der Waals surface area contributed by atoms with Crippen LogP contribution in [0.15, 0.2) is 48.5 Å². The third kappa shape index (κ3) is 5.00. The number of amides is 2. The summed E-state index contributed by atoms with van der Waals surface area (Å²) in [5.41, 5.74) is 2.01. The highest BCUT2D eigenvalue weighted by atomic mass is 16.5. The topological polar surface area (TPSA) is 59.1 Å². The minimum atomic E-state index is -0.329. The number of methoxy groups -OCH3 is 2. The van der Waals surface area contributed by atoms with E-state index >= 15 is 0 Å². The van der Waals surface area contributed by atoms with Crippen LogP contribution in [0.25, 0.3) is 0 Å². The van der Waals surface area contributed by atoms with E-state index in [0.717, 1.165) is 48.3 Å². The smallest absolute Gasteiger partial charge is 0.228 e. The van der Waals surface area contributed by atoms with Crippen LogP contribution in [0.3, 0.4) is 0 Å². The van der Waals surface area contributed by atoms with E-state index in [2.05, 4.69) is 0 Å². The molecule has 0 unspecified atom stereocenters. The van der Waals surface area contributed by atoms with Gasteiger partial charge in [-0.2, -0.15) is 0 Å². The summed E-state index contributed by atoms with van der Waals surface area (Å²) in [6, 6.07) is 15.7. The Hall–Kier alpha value is -3.02. The fraction of sp³-hybridized carbons (Fsp3) is 0.481. The zero-order chi connectivity index (χ0) is 23.4. The SMILES string of the molecule is COc1ccc(OC)c([C@@H]2CN(C(=O)C3CCCC3)C[C@H]2C(=O)N(C)Cc2ccccc2)c1. The van der Waals surface area contributed by atoms with E-state index < -0.39 is 0 Å². The van der Waals surface area contributed by atoms with Gasteiger partial charge in [0, 0.05) is 44.1 Å². The monoisotopic (exact) mass is 450 g/mol. The van der Waals surface area contributed by atoms with Crippen LogP contribution in [0.5, 0.6) is 11.5 Å². The van der Waals surface area contributed by atoms with Crippen molar-refractivity contribution in [1.29, 1.82) is 0 Å². The number of hydrogen-bond acceptors (Lipinski definition) is 4. The molecule has 33 heavy (non-hydrogen) atoms. The summed E-state index contributed by atoms with van der Waals surface area (Å²) in [6.07, 6.45) is 4.13. The molecule has 2 atom stereocenters. The van der Waals surface area contributed by atoms with Gasteiger partial charge in [-0.05, 0) is 36.6 Å². The van der Waals surface area contributed by atoms with E-state index in [-0.39, 0.29) is 29.6 Å². The number of hydrogen-bond donors (Lipinski definition) is 0. The van der Waals surface area contributed by atoms with Crippen molar-refractivity contribution in [3.8, 4) is 11.5 Å². The van der Waals surface area contributed by atoms with Gasteiger partial charge in [0.05, 0.1) is 20.1 Å². The predicted octanol–water partition coefficient (Wildman–Crippen LogP) is 4.09. The summed E-state index contributed by atoms with van der Waals surface area (Å²) >= 11 is 0. The molecule has 2 fully saturated rings. The third-order valence-corrected chi connectivity index (χ3v) is 7.13. The Bertz CT molecular complexity index is 971. The number of likely N-dealkylation sites (tertiary alicyclic amines) is 1. The lowest BCUT2D eigenvalue weighted by Crippen LogP contribution is -2.37. The van der Waals surface area contributed by atoms with Gasteiger partial charge >= 0.3 is 0 Å². The molecule has 6 nitrogen and oxygen atoms in total. The quantitative estimate of drug-likeness (QED) is 0.637. The molecule has 6 heteroatoms. The Morgan fingerprint density at radius 2 is 1.73 bits per heavy atom. The van der Waals surface area contributed by atoms with Gasteiger partial charge in [-0.3, -0.25) is 9.59 Å². The normalized spacial score (nSPS) is 20.6. The van der Waals surface area contributed by atoms with E-state index in [1.807, 2.05) is 60.5 Å². The van der Waals surface area contributed by atoms with Crippen LogP contribution < -0.4 is 9.47 Å². The lowest BCUT2D eigenvalue weighted by atomic mass is 9.87. The van der Waals surface area contributed by atoms with Crippen LogP contribution in [-0.2, 0) is 16.1 Å². The highest BCUT2D eigenvalue weighted by Crippen LogP contribution is 2.41. The summed E-state index contributed by atoms with van der Waals surface area (Å²) in [5, 5.41) is 0. The molecule has 0 aromatic heterocycles. The molecule has 2 aliphatic rings. The van der Waals surface area contributed by atoms with Crippen LogP contribution in [0.1, 0.15) is 42.7 Å². The molecule has 0 N–H and O–H groups in total. The Kier molecular flexibility index (Phi) is 7.21. The van der Waals surface area contributed by atoms with Crippen molar-refractivity contribution in [2.45, 2.75) is 38.1 Å². The van der Waals surface area contributed by atoms with E-state index in [0.29, 0.717) is 19.6 Å². The fourth-order valence-electron chi connectivity index (χ4n) is 5.33. The predicted molar refractivity (Wildman–Crippen MR) is 127 cm³/mol. The molecule has 2 aromatic carbocycles. The molecule has 4 rings (SSSR count). The maximum absolute atomic E-state index is 13.7. The van der Waals surface area contributed by atoms with Gasteiger partial charge in [0.15, 0.2) is 0 Å². The zero-order valence-corrected chi connectivity index (χ0v) is 19.8. The summed E-state index contributed by atoms with van der Waals surface area (Å²) in [7, 11) is 5.11. The number of rotatable bonds is 7. The summed E-state index contributed by atoms with van der Waals surface area (Å²) in [6.45, 7) is 1.50. The molecule has 1 saturated carbocycles. The van der Waals surface area contributed by atoms with Crippen molar-refractivity contribution in [3.05, 3.63) is 59.7 Å². The fourth-order valence-corrected chi connectivity index (χ4v) is 5.33. The maximum atomic E-state index is 13.7. The highest BCUT2D eigenvalue weighted by molar-refractivity contribution is 5.84. The first-order chi connectivity index (χ1) is 16.0. The molecule has 1 saturated heterocycles. The molecular weight excluding hydrogens is 416 g/mol. The van der Waals surface area contributed by atoms with E-state index in [1.54, 1.807) is 19.1 Å². The third-order valence-electron chi connectivity index (χ3n) is 7.13. The van der Waals surface area contributed by atoms with Crippen LogP contribution >= 0.6 is 0 Å². The first-order valence-electron chi connectivity index (χ1n) is 11.8. The maximum Gasteiger partial charge on any atom is 0.228 e. The van der Waals surface area contributed by atoms with Crippen molar-refractivity contribution in [1.82, 2.24) is 9.80 Å². The Morgan fingerprint density at radius 3 is 2.39 bits per heavy atom. The summed E-state index contributed by atoms with van der Waals surface area (Å²) in [5.74, 6) is 1.30. The van der Waals surface area contributed by atoms with Crippen LogP contribution in [0.4, 0.5) is 0 Å². The van der Waals surface area contributed by atoms with Gasteiger partial charge in [-0.25, -0.2) is 0 Å². The van der Waals surface area contributed by atoms with Gasteiger partial charge in [0.1, 0.15) is 11.5 Å². The second-order valence-corrected chi connectivity index (χ2v) is 9.23. The van der Waals surface area contributed by atoms with E-state index in [9.17, 15) is 9.59 Å². The van der Waals surface area contributed by atoms with Crippen LogP contribution in [-0.4, -0.2) is 56.0 Å². The Morgan fingerprint density at radius 1 is 1.00 bits per heavy atom. The molecule has 0 radical (unpaired) electrons. The van der Waals surface area contributed by atoms with Gasteiger partial charge in [-0.15, -0.1) is 0 Å². The summed E-state index contributed by atoms with van der Waals surface area (Å²) in [4.78, 5) is 30.7. The number of benzene rings is 2. The van der Waals surface area contributed by atoms with E-state index in [1.165, 1.54) is 0 Å². The first-order valence-corrected chi connectivity index (χ1v) is 11.8. The number of carbonyl (C=O) groups excluding carboxylic acids is 2. The average Bonchev–Trinajstić information content (AvgIpc) is 3.54. The second kappa shape index (κ2) is 10.3. The van der Waals surface area contributed by atoms with Gasteiger partial charge < -0.3 is 19.3 Å². The van der Waals surface area contributed by atoms with E-state index in [4.69, 9.17) is 9.47 Å². The van der Waals surface area contributed by atoms with Crippen molar-refractivity contribution >= 4 is 11.8 Å². The van der Waals surface area contributed by atoms with Gasteiger partial charge in [0.25, 0.3) is 0 Å². The highest BCUT2D eigenvalue weighted by Gasteiger charge is 2.44. The molecule has 1 aliphatic heterocycles. The summed E-state index contributed by atoms with van der Waals surface area (Å²) < 4.78 is 11.1. The standard InChI is InChI=1S/C27H34N2O4/c1-28(16-19-9-5-4-6-10-19)27(31)24-18-29(26(30)20-11-7-8-12-20)17-23(24)22-15-21(32-2)13-14-25(22)33-3/h4-6,9-10,13-15,20,23-24H,7-8,11-12,16-18H2,1-3H3/t23-,24+/m0/s1. The minimum Gasteiger partial charge on any atom is -0.497 e. The number of carbonyl (C=O) groups is 2. The molecular formula is C27H34N2O4. The van der Waals surface area contributed by atoms with Crippen molar-refractivity contribution in [2.75, 3.05) is 34.4 Å². The molecule has 0 bridgehead atoms. The molecule has 2 amide bonds. The number of nitrogens with zero attached hydrogens (tertiary/aromatic N) is 2. The van der Waals surface area contributed by atoms with Crippen molar-refractivity contribution < 1.29 is 19.1 Å². The Labute approximate surface area is 196 Å². The largest absolute Gasteiger partial charge is 0.497 e. The average molecular weight is 451 g/mol. The van der Waals surface area contributed by atoms with Crippen molar-refractivity contribution in [2.24, 2.45) is 11.8 Å². The lowest BCUT2D eigenvalue weighted by Gasteiger charge is -2.25.